The van der Waals surface area contributed by atoms with Gasteiger partial charge in [-0.15, -0.1) is 0 Å². The van der Waals surface area contributed by atoms with Gasteiger partial charge in [0.15, 0.2) is 0 Å². The zero-order valence-corrected chi connectivity index (χ0v) is 13.1. The minimum Gasteiger partial charge on any atom is -0.344 e. The number of carbonyl (C=O) groups excluding carboxylic acids is 2. The SMILES string of the molecule is CCC(CC)N1C(=O)C(C(C)(C)C)NC(=O)CC1C. The van der Waals surface area contributed by atoms with Crippen LogP contribution in [0.3, 0.4) is 0 Å². The molecule has 0 aromatic heterocycles. The zero-order chi connectivity index (χ0) is 14.8. The normalized spacial score (nSPS) is 25.5. The van der Waals surface area contributed by atoms with Crippen molar-refractivity contribution in [2.75, 3.05) is 0 Å². The van der Waals surface area contributed by atoms with Crippen LogP contribution in [0.4, 0.5) is 0 Å². The van der Waals surface area contributed by atoms with E-state index in [1.165, 1.54) is 0 Å². The highest BCUT2D eigenvalue weighted by molar-refractivity contribution is 5.91. The average molecular weight is 268 g/mol. The fourth-order valence-electron chi connectivity index (χ4n) is 2.82. The maximum Gasteiger partial charge on any atom is 0.246 e. The zero-order valence-electron chi connectivity index (χ0n) is 13.1. The van der Waals surface area contributed by atoms with Crippen LogP contribution in [0.25, 0.3) is 0 Å². The summed E-state index contributed by atoms with van der Waals surface area (Å²) in [6.07, 6.45) is 2.25. The standard InChI is InChI=1S/C15H28N2O2/c1-7-11(8-2)17-10(3)9-12(18)16-13(14(17)19)15(4,5)6/h10-11,13H,7-9H2,1-6H3,(H,16,18). The molecule has 1 fully saturated rings. The molecule has 0 saturated carbocycles. The molecule has 0 aromatic carbocycles. The summed E-state index contributed by atoms with van der Waals surface area (Å²) in [4.78, 5) is 26.7. The minimum atomic E-state index is -0.425. The second-order valence-electron chi connectivity index (χ2n) is 6.64. The van der Waals surface area contributed by atoms with E-state index in [0.29, 0.717) is 6.42 Å². The molecule has 4 heteroatoms. The van der Waals surface area contributed by atoms with Gasteiger partial charge < -0.3 is 10.2 Å². The van der Waals surface area contributed by atoms with Gasteiger partial charge in [-0.05, 0) is 25.2 Å². The number of hydrogen-bond acceptors (Lipinski definition) is 2. The van der Waals surface area contributed by atoms with Gasteiger partial charge in [0.1, 0.15) is 6.04 Å². The minimum absolute atomic E-state index is 0.0192. The first-order valence-corrected chi connectivity index (χ1v) is 7.33. The summed E-state index contributed by atoms with van der Waals surface area (Å²) in [5.74, 6) is 0.0498. The van der Waals surface area contributed by atoms with E-state index in [0.717, 1.165) is 12.8 Å². The van der Waals surface area contributed by atoms with Crippen molar-refractivity contribution in [2.45, 2.75) is 78.9 Å². The van der Waals surface area contributed by atoms with E-state index in [4.69, 9.17) is 0 Å². The second kappa shape index (κ2) is 5.93. The summed E-state index contributed by atoms with van der Waals surface area (Å²) in [6.45, 7) is 12.2. The predicted molar refractivity (Wildman–Crippen MR) is 76.7 cm³/mol. The number of amides is 2. The molecule has 0 bridgehead atoms. The molecule has 1 aliphatic heterocycles. The van der Waals surface area contributed by atoms with Crippen LogP contribution < -0.4 is 5.32 Å². The highest BCUT2D eigenvalue weighted by Gasteiger charge is 2.41. The largest absolute Gasteiger partial charge is 0.344 e. The van der Waals surface area contributed by atoms with Crippen LogP contribution in [0.2, 0.25) is 0 Å². The Kier molecular flexibility index (Phi) is 4.99. The first kappa shape index (κ1) is 16.0. The lowest BCUT2D eigenvalue weighted by molar-refractivity contribution is -0.140. The summed E-state index contributed by atoms with van der Waals surface area (Å²) < 4.78 is 0. The molecule has 2 amide bonds. The van der Waals surface area contributed by atoms with Gasteiger partial charge in [-0.25, -0.2) is 0 Å². The first-order valence-electron chi connectivity index (χ1n) is 7.33. The number of nitrogens with zero attached hydrogens (tertiary/aromatic N) is 1. The summed E-state index contributed by atoms with van der Waals surface area (Å²) in [6, 6.07) is -0.227. The molecule has 19 heavy (non-hydrogen) atoms. The molecule has 4 nitrogen and oxygen atoms in total. The van der Waals surface area contributed by atoms with E-state index in [1.807, 2.05) is 32.6 Å². The van der Waals surface area contributed by atoms with Gasteiger partial charge in [0.2, 0.25) is 11.8 Å². The average Bonchev–Trinajstić information content (AvgIpc) is 2.40. The number of hydrogen-bond donors (Lipinski definition) is 1. The Morgan fingerprint density at radius 3 is 2.21 bits per heavy atom. The lowest BCUT2D eigenvalue weighted by Crippen LogP contribution is -2.55. The van der Waals surface area contributed by atoms with Crippen molar-refractivity contribution in [1.82, 2.24) is 10.2 Å². The third kappa shape index (κ3) is 3.48. The van der Waals surface area contributed by atoms with Crippen molar-refractivity contribution in [1.29, 1.82) is 0 Å². The lowest BCUT2D eigenvalue weighted by atomic mass is 9.85. The van der Waals surface area contributed by atoms with E-state index >= 15 is 0 Å². The number of carbonyl (C=O) groups is 2. The van der Waals surface area contributed by atoms with Gasteiger partial charge in [-0.3, -0.25) is 9.59 Å². The van der Waals surface area contributed by atoms with Crippen molar-refractivity contribution < 1.29 is 9.59 Å². The smallest absolute Gasteiger partial charge is 0.246 e. The van der Waals surface area contributed by atoms with E-state index < -0.39 is 6.04 Å². The Morgan fingerprint density at radius 2 is 1.79 bits per heavy atom. The molecule has 1 N–H and O–H groups in total. The second-order valence-corrected chi connectivity index (χ2v) is 6.64. The number of nitrogens with one attached hydrogen (secondary N) is 1. The molecule has 0 aliphatic carbocycles. The van der Waals surface area contributed by atoms with Gasteiger partial charge in [0, 0.05) is 18.5 Å². The Hall–Kier alpha value is -1.06. The third-order valence-electron chi connectivity index (χ3n) is 3.96. The first-order chi connectivity index (χ1) is 8.72. The molecule has 1 rings (SSSR count). The Morgan fingerprint density at radius 1 is 1.26 bits per heavy atom. The van der Waals surface area contributed by atoms with Crippen molar-refractivity contribution in [3.63, 3.8) is 0 Å². The van der Waals surface area contributed by atoms with Crippen LogP contribution in [-0.4, -0.2) is 34.8 Å². The van der Waals surface area contributed by atoms with Crippen molar-refractivity contribution in [2.24, 2.45) is 5.41 Å². The van der Waals surface area contributed by atoms with E-state index in [1.54, 1.807) is 0 Å². The lowest BCUT2D eigenvalue weighted by Gasteiger charge is -2.38. The highest BCUT2D eigenvalue weighted by atomic mass is 16.2. The number of rotatable bonds is 3. The van der Waals surface area contributed by atoms with Crippen LogP contribution >= 0.6 is 0 Å². The van der Waals surface area contributed by atoms with Crippen molar-refractivity contribution in [3.05, 3.63) is 0 Å². The molecule has 1 saturated heterocycles. The maximum absolute atomic E-state index is 12.8. The Labute approximate surface area is 116 Å². The van der Waals surface area contributed by atoms with E-state index in [-0.39, 0.29) is 29.3 Å². The summed E-state index contributed by atoms with van der Waals surface area (Å²) in [5, 5.41) is 2.90. The fraction of sp³-hybridized carbons (Fsp3) is 0.867. The summed E-state index contributed by atoms with van der Waals surface area (Å²) >= 11 is 0. The highest BCUT2D eigenvalue weighted by Crippen LogP contribution is 2.27. The van der Waals surface area contributed by atoms with Crippen LogP contribution in [-0.2, 0) is 9.59 Å². The molecule has 0 aromatic rings. The summed E-state index contributed by atoms with van der Waals surface area (Å²) in [5.41, 5.74) is -0.263. The third-order valence-corrected chi connectivity index (χ3v) is 3.96. The molecule has 2 atom stereocenters. The molecule has 1 aliphatic rings. The van der Waals surface area contributed by atoms with Gasteiger partial charge in [0.05, 0.1) is 0 Å². The van der Waals surface area contributed by atoms with Gasteiger partial charge >= 0.3 is 0 Å². The molecule has 0 radical (unpaired) electrons. The maximum atomic E-state index is 12.8. The van der Waals surface area contributed by atoms with E-state index in [2.05, 4.69) is 19.2 Å². The molecule has 2 unspecified atom stereocenters. The van der Waals surface area contributed by atoms with E-state index in [9.17, 15) is 9.59 Å². The molecular formula is C15H28N2O2. The monoisotopic (exact) mass is 268 g/mol. The van der Waals surface area contributed by atoms with Crippen molar-refractivity contribution >= 4 is 11.8 Å². The Bertz CT molecular complexity index is 343. The topological polar surface area (TPSA) is 49.4 Å². The van der Waals surface area contributed by atoms with Crippen LogP contribution in [0, 0.1) is 5.41 Å². The summed E-state index contributed by atoms with van der Waals surface area (Å²) in [7, 11) is 0. The van der Waals surface area contributed by atoms with Gasteiger partial charge in [-0.2, -0.15) is 0 Å². The van der Waals surface area contributed by atoms with Gasteiger partial charge in [0.25, 0.3) is 0 Å². The molecule has 0 spiro atoms. The molecule has 1 heterocycles. The Balaban J connectivity index is 3.13. The van der Waals surface area contributed by atoms with Crippen LogP contribution in [0.5, 0.6) is 0 Å². The van der Waals surface area contributed by atoms with Gasteiger partial charge in [-0.1, -0.05) is 34.6 Å². The van der Waals surface area contributed by atoms with Crippen LogP contribution in [0.15, 0.2) is 0 Å². The van der Waals surface area contributed by atoms with Crippen LogP contribution in [0.1, 0.15) is 60.8 Å². The molecular weight excluding hydrogens is 240 g/mol. The van der Waals surface area contributed by atoms with Crippen molar-refractivity contribution in [3.8, 4) is 0 Å². The fourth-order valence-corrected chi connectivity index (χ4v) is 2.82. The predicted octanol–water partition coefficient (Wildman–Crippen LogP) is 2.33. The quantitative estimate of drug-likeness (QED) is 0.854. The molecule has 110 valence electrons.